The molecule has 3 nitrogen and oxygen atoms in total. The molecule has 1 aromatic rings. The Labute approximate surface area is 111 Å². The quantitative estimate of drug-likeness (QED) is 0.890. The van der Waals surface area contributed by atoms with Crippen LogP contribution in [0.25, 0.3) is 0 Å². The van der Waals surface area contributed by atoms with Crippen molar-refractivity contribution in [1.29, 1.82) is 0 Å². The van der Waals surface area contributed by atoms with E-state index in [4.69, 9.17) is 0 Å². The summed E-state index contributed by atoms with van der Waals surface area (Å²) in [7, 11) is 0. The molecule has 0 bridgehead atoms. The molecule has 2 heterocycles. The van der Waals surface area contributed by atoms with Crippen molar-refractivity contribution >= 4 is 5.69 Å². The van der Waals surface area contributed by atoms with Crippen molar-refractivity contribution in [2.75, 3.05) is 18.0 Å². The van der Waals surface area contributed by atoms with Crippen LogP contribution in [0.5, 0.6) is 0 Å². The smallest absolute Gasteiger partial charge is 0.0609 e. The summed E-state index contributed by atoms with van der Waals surface area (Å²) in [5, 5.41) is 3.57. The van der Waals surface area contributed by atoms with Gasteiger partial charge in [-0.25, -0.2) is 0 Å². The van der Waals surface area contributed by atoms with E-state index in [0.717, 1.165) is 24.5 Å². The van der Waals surface area contributed by atoms with E-state index >= 15 is 0 Å². The van der Waals surface area contributed by atoms with Gasteiger partial charge in [0, 0.05) is 24.3 Å². The third-order valence-electron chi connectivity index (χ3n) is 3.88. The van der Waals surface area contributed by atoms with Gasteiger partial charge in [0.15, 0.2) is 0 Å². The van der Waals surface area contributed by atoms with Crippen LogP contribution in [-0.2, 0) is 0 Å². The third-order valence-corrected chi connectivity index (χ3v) is 3.88. The zero-order valence-corrected chi connectivity index (χ0v) is 12.0. The maximum absolute atomic E-state index is 4.58. The van der Waals surface area contributed by atoms with Crippen molar-refractivity contribution in [3.63, 3.8) is 0 Å². The van der Waals surface area contributed by atoms with Crippen LogP contribution in [0.2, 0.25) is 0 Å². The Kier molecular flexibility index (Phi) is 4.23. The zero-order chi connectivity index (χ0) is 13.1. The summed E-state index contributed by atoms with van der Waals surface area (Å²) >= 11 is 0. The minimum absolute atomic E-state index is 0.589. The van der Waals surface area contributed by atoms with Crippen LogP contribution in [-0.4, -0.2) is 30.2 Å². The van der Waals surface area contributed by atoms with Gasteiger partial charge in [0.25, 0.3) is 0 Å². The lowest BCUT2D eigenvalue weighted by Gasteiger charge is -2.40. The molecule has 0 spiro atoms. The number of aryl methyl sites for hydroxylation is 2. The second-order valence-corrected chi connectivity index (χ2v) is 5.38. The maximum Gasteiger partial charge on any atom is 0.0609 e. The SMILES string of the molecule is CCNC1CCN(c2ccc(C)nc2C)C(C)C1. The predicted octanol–water partition coefficient (Wildman–Crippen LogP) is 2.67. The first-order chi connectivity index (χ1) is 8.61. The summed E-state index contributed by atoms with van der Waals surface area (Å²) in [6.45, 7) is 10.9. The standard InChI is InChI=1S/C15H25N3/c1-5-16-14-8-9-18(12(3)10-14)15-7-6-11(2)17-13(15)4/h6-7,12,14,16H,5,8-10H2,1-4H3. The number of hydrogen-bond acceptors (Lipinski definition) is 3. The molecule has 2 rings (SSSR count). The summed E-state index contributed by atoms with van der Waals surface area (Å²) in [6.07, 6.45) is 2.45. The summed E-state index contributed by atoms with van der Waals surface area (Å²) in [6, 6.07) is 5.61. The van der Waals surface area contributed by atoms with E-state index in [1.54, 1.807) is 0 Å². The molecule has 0 aromatic carbocycles. The van der Waals surface area contributed by atoms with E-state index in [0.29, 0.717) is 12.1 Å². The Morgan fingerprint density at radius 2 is 2.17 bits per heavy atom. The number of anilines is 1. The molecule has 1 aliphatic heterocycles. The van der Waals surface area contributed by atoms with Crippen molar-refractivity contribution in [3.05, 3.63) is 23.5 Å². The highest BCUT2D eigenvalue weighted by Gasteiger charge is 2.25. The van der Waals surface area contributed by atoms with E-state index in [9.17, 15) is 0 Å². The molecule has 18 heavy (non-hydrogen) atoms. The number of hydrogen-bond donors (Lipinski definition) is 1. The Balaban J connectivity index is 2.10. The third kappa shape index (κ3) is 2.83. The van der Waals surface area contributed by atoms with Crippen LogP contribution >= 0.6 is 0 Å². The summed E-state index contributed by atoms with van der Waals surface area (Å²) in [4.78, 5) is 7.09. The molecule has 2 unspecified atom stereocenters. The number of nitrogens with one attached hydrogen (secondary N) is 1. The summed E-state index contributed by atoms with van der Waals surface area (Å²) in [5.74, 6) is 0. The number of aromatic nitrogens is 1. The number of nitrogens with zero attached hydrogens (tertiary/aromatic N) is 2. The van der Waals surface area contributed by atoms with Gasteiger partial charge in [0.2, 0.25) is 0 Å². The predicted molar refractivity (Wildman–Crippen MR) is 77.2 cm³/mol. The van der Waals surface area contributed by atoms with Crippen molar-refractivity contribution in [1.82, 2.24) is 10.3 Å². The molecule has 100 valence electrons. The highest BCUT2D eigenvalue weighted by molar-refractivity contribution is 5.51. The fraction of sp³-hybridized carbons (Fsp3) is 0.667. The van der Waals surface area contributed by atoms with Crippen LogP contribution in [0.3, 0.4) is 0 Å². The molecule has 0 saturated carbocycles. The van der Waals surface area contributed by atoms with E-state index in [2.05, 4.69) is 55.0 Å². The normalized spacial score (nSPS) is 24.3. The zero-order valence-electron chi connectivity index (χ0n) is 12.0. The number of pyridine rings is 1. The highest BCUT2D eigenvalue weighted by atomic mass is 15.2. The van der Waals surface area contributed by atoms with Crippen LogP contribution < -0.4 is 10.2 Å². The first-order valence-electron chi connectivity index (χ1n) is 7.06. The van der Waals surface area contributed by atoms with Gasteiger partial charge in [-0.1, -0.05) is 6.92 Å². The monoisotopic (exact) mass is 247 g/mol. The van der Waals surface area contributed by atoms with Crippen molar-refractivity contribution in [2.24, 2.45) is 0 Å². The van der Waals surface area contributed by atoms with Crippen LogP contribution in [0.4, 0.5) is 5.69 Å². The lowest BCUT2D eigenvalue weighted by molar-refractivity contribution is 0.373. The second kappa shape index (κ2) is 5.70. The Bertz CT molecular complexity index is 403. The number of rotatable bonds is 3. The summed E-state index contributed by atoms with van der Waals surface area (Å²) < 4.78 is 0. The maximum atomic E-state index is 4.58. The lowest BCUT2D eigenvalue weighted by Crippen LogP contribution is -2.47. The van der Waals surface area contributed by atoms with Crippen LogP contribution in [0.1, 0.15) is 38.1 Å². The first kappa shape index (κ1) is 13.3. The van der Waals surface area contributed by atoms with Gasteiger partial charge in [-0.05, 0) is 52.3 Å². The van der Waals surface area contributed by atoms with Gasteiger partial charge < -0.3 is 10.2 Å². The lowest BCUT2D eigenvalue weighted by atomic mass is 9.97. The van der Waals surface area contributed by atoms with Crippen LogP contribution in [0, 0.1) is 13.8 Å². The van der Waals surface area contributed by atoms with E-state index in [1.807, 2.05) is 0 Å². The fourth-order valence-electron chi connectivity index (χ4n) is 2.99. The fourth-order valence-corrected chi connectivity index (χ4v) is 2.99. The van der Waals surface area contributed by atoms with Gasteiger partial charge in [-0.2, -0.15) is 0 Å². The molecule has 0 radical (unpaired) electrons. The molecule has 0 amide bonds. The minimum atomic E-state index is 0.589. The molecule has 0 aliphatic carbocycles. The van der Waals surface area contributed by atoms with Crippen LogP contribution in [0.15, 0.2) is 12.1 Å². The molecular formula is C15H25N3. The number of piperidine rings is 1. The van der Waals surface area contributed by atoms with E-state index in [1.165, 1.54) is 18.5 Å². The van der Waals surface area contributed by atoms with Gasteiger partial charge in [-0.15, -0.1) is 0 Å². The van der Waals surface area contributed by atoms with E-state index in [-0.39, 0.29) is 0 Å². The largest absolute Gasteiger partial charge is 0.367 e. The molecule has 1 aliphatic rings. The average Bonchev–Trinajstić information content (AvgIpc) is 2.31. The molecule has 2 atom stereocenters. The van der Waals surface area contributed by atoms with Gasteiger partial charge in [0.05, 0.1) is 11.4 Å². The molecule has 1 N–H and O–H groups in total. The Morgan fingerprint density at radius 1 is 1.39 bits per heavy atom. The highest BCUT2D eigenvalue weighted by Crippen LogP contribution is 2.27. The van der Waals surface area contributed by atoms with Crippen molar-refractivity contribution in [2.45, 2.75) is 52.6 Å². The molecule has 3 heteroatoms. The topological polar surface area (TPSA) is 28.2 Å². The molecule has 1 aromatic heterocycles. The molecular weight excluding hydrogens is 222 g/mol. The first-order valence-corrected chi connectivity index (χ1v) is 7.06. The Morgan fingerprint density at radius 3 is 2.78 bits per heavy atom. The van der Waals surface area contributed by atoms with Crippen molar-refractivity contribution < 1.29 is 0 Å². The van der Waals surface area contributed by atoms with Gasteiger partial charge in [0.1, 0.15) is 0 Å². The van der Waals surface area contributed by atoms with Crippen molar-refractivity contribution in [3.8, 4) is 0 Å². The van der Waals surface area contributed by atoms with Gasteiger partial charge in [-0.3, -0.25) is 4.98 Å². The average molecular weight is 247 g/mol. The second-order valence-electron chi connectivity index (χ2n) is 5.38. The molecule has 1 fully saturated rings. The van der Waals surface area contributed by atoms with Gasteiger partial charge >= 0.3 is 0 Å². The molecule has 1 saturated heterocycles. The minimum Gasteiger partial charge on any atom is -0.367 e. The Hall–Kier alpha value is -1.09. The summed E-state index contributed by atoms with van der Waals surface area (Å²) in [5.41, 5.74) is 3.57. The van der Waals surface area contributed by atoms with E-state index < -0.39 is 0 Å².